The Morgan fingerprint density at radius 3 is 3.00 bits per heavy atom. The number of nitrogens with zero attached hydrogens (tertiary/aromatic N) is 1. The van der Waals surface area contributed by atoms with Gasteiger partial charge in [-0.05, 0) is 37.1 Å². The quantitative estimate of drug-likeness (QED) is 0.865. The maximum absolute atomic E-state index is 9.51. The van der Waals surface area contributed by atoms with E-state index in [1.807, 2.05) is 18.2 Å². The number of morpholine rings is 1. The van der Waals surface area contributed by atoms with Gasteiger partial charge < -0.3 is 9.84 Å². The molecule has 2 fully saturated rings. The molecule has 4 heteroatoms. The summed E-state index contributed by atoms with van der Waals surface area (Å²) in [7, 11) is 0. The number of aromatic hydroxyl groups is 1. The molecule has 0 aromatic heterocycles. The van der Waals surface area contributed by atoms with Gasteiger partial charge >= 0.3 is 0 Å². The van der Waals surface area contributed by atoms with Crippen LogP contribution in [0.1, 0.15) is 30.9 Å². The molecule has 2 unspecified atom stereocenters. The summed E-state index contributed by atoms with van der Waals surface area (Å²) >= 11 is 0. The first-order chi connectivity index (χ1) is 8.33. The van der Waals surface area contributed by atoms with Crippen LogP contribution in [0.4, 0.5) is 0 Å². The molecule has 2 aliphatic rings. The monoisotopic (exact) mass is 313 g/mol. The van der Waals surface area contributed by atoms with Crippen molar-refractivity contribution in [3.63, 3.8) is 0 Å². The largest absolute Gasteiger partial charge is 0.508 e. The van der Waals surface area contributed by atoms with Gasteiger partial charge in [-0.3, -0.25) is 4.90 Å². The van der Waals surface area contributed by atoms with Gasteiger partial charge in [-0.15, -0.1) is 17.0 Å². The molecule has 1 aromatic rings. The van der Waals surface area contributed by atoms with Crippen LogP contribution in [0, 0.1) is 0 Å². The number of phenols is 1. The van der Waals surface area contributed by atoms with Gasteiger partial charge in [-0.1, -0.05) is 18.6 Å². The second-order valence-corrected chi connectivity index (χ2v) is 5.06. The molecule has 18 heavy (non-hydrogen) atoms. The number of piperidine rings is 1. The van der Waals surface area contributed by atoms with Gasteiger partial charge in [0.15, 0.2) is 0 Å². The molecule has 1 N–H and O–H groups in total. The first kappa shape index (κ1) is 13.8. The first-order valence-corrected chi connectivity index (χ1v) is 6.47. The Kier molecular flexibility index (Phi) is 4.65. The molecule has 0 saturated carbocycles. The molecule has 2 atom stereocenters. The maximum Gasteiger partial charge on any atom is 0.115 e. The van der Waals surface area contributed by atoms with Crippen LogP contribution in [0.2, 0.25) is 0 Å². The smallest absolute Gasteiger partial charge is 0.115 e. The van der Waals surface area contributed by atoms with E-state index in [4.69, 9.17) is 4.74 Å². The zero-order chi connectivity index (χ0) is 11.7. The Bertz CT molecular complexity index is 399. The highest BCUT2D eigenvalue weighted by Gasteiger charge is 2.31. The summed E-state index contributed by atoms with van der Waals surface area (Å²) in [6.45, 7) is 3.00. The fourth-order valence-electron chi connectivity index (χ4n) is 2.91. The van der Waals surface area contributed by atoms with Crippen molar-refractivity contribution in [1.29, 1.82) is 0 Å². The molecule has 3 nitrogen and oxygen atoms in total. The van der Waals surface area contributed by atoms with Gasteiger partial charge in [0.05, 0.1) is 12.7 Å². The van der Waals surface area contributed by atoms with Crippen LogP contribution in [0.3, 0.4) is 0 Å². The average molecular weight is 314 g/mol. The maximum atomic E-state index is 9.51. The van der Waals surface area contributed by atoms with E-state index in [2.05, 4.69) is 4.90 Å². The van der Waals surface area contributed by atoms with Crippen molar-refractivity contribution in [1.82, 2.24) is 4.90 Å². The summed E-state index contributed by atoms with van der Waals surface area (Å²) in [6.07, 6.45) is 4.04. The van der Waals surface area contributed by atoms with Crippen LogP contribution >= 0.6 is 17.0 Å². The molecule has 3 rings (SSSR count). The number of fused-ring (bicyclic) bond motifs is 1. The lowest BCUT2D eigenvalue weighted by atomic mass is 9.98. The number of benzene rings is 1. The van der Waals surface area contributed by atoms with Crippen LogP contribution in [-0.4, -0.2) is 35.7 Å². The van der Waals surface area contributed by atoms with Crippen molar-refractivity contribution >= 4 is 17.0 Å². The standard InChI is InChI=1S/C14H19NO2.BrH/c16-13-6-3-4-11(8-13)14-9-15-7-2-1-5-12(15)10-17-14;/h3-4,6,8,12,14,16H,1-2,5,7,9-10H2;1H. The normalized spacial score (nSPS) is 28.2. The van der Waals surface area contributed by atoms with Crippen molar-refractivity contribution in [2.75, 3.05) is 19.7 Å². The van der Waals surface area contributed by atoms with E-state index in [1.54, 1.807) is 6.07 Å². The summed E-state index contributed by atoms with van der Waals surface area (Å²) in [4.78, 5) is 2.54. The van der Waals surface area contributed by atoms with E-state index in [1.165, 1.54) is 25.8 Å². The number of rotatable bonds is 1. The minimum Gasteiger partial charge on any atom is -0.508 e. The molecule has 0 amide bonds. The molecular weight excluding hydrogens is 294 g/mol. The third kappa shape index (κ3) is 2.87. The Morgan fingerprint density at radius 2 is 2.17 bits per heavy atom. The molecule has 2 aliphatic heterocycles. The van der Waals surface area contributed by atoms with Crippen molar-refractivity contribution < 1.29 is 9.84 Å². The SMILES string of the molecule is Br.Oc1cccc(C2CN3CCCCC3CO2)c1. The molecule has 2 heterocycles. The second-order valence-electron chi connectivity index (χ2n) is 5.06. The fourth-order valence-corrected chi connectivity index (χ4v) is 2.91. The Hall–Kier alpha value is -0.580. The first-order valence-electron chi connectivity index (χ1n) is 6.47. The zero-order valence-electron chi connectivity index (χ0n) is 10.4. The van der Waals surface area contributed by atoms with E-state index in [0.717, 1.165) is 18.7 Å². The van der Waals surface area contributed by atoms with Gasteiger partial charge in [0.1, 0.15) is 5.75 Å². The minimum absolute atomic E-state index is 0. The second kappa shape index (κ2) is 6.04. The van der Waals surface area contributed by atoms with Crippen molar-refractivity contribution in [2.24, 2.45) is 0 Å². The number of hydrogen-bond acceptors (Lipinski definition) is 3. The van der Waals surface area contributed by atoms with E-state index in [-0.39, 0.29) is 23.1 Å². The van der Waals surface area contributed by atoms with Crippen LogP contribution in [0.5, 0.6) is 5.75 Å². The lowest BCUT2D eigenvalue weighted by Crippen LogP contribution is -2.48. The fraction of sp³-hybridized carbons (Fsp3) is 0.571. The van der Waals surface area contributed by atoms with Crippen LogP contribution in [-0.2, 0) is 4.74 Å². The average Bonchev–Trinajstić information content (AvgIpc) is 2.38. The van der Waals surface area contributed by atoms with Gasteiger partial charge in [0.2, 0.25) is 0 Å². The highest BCUT2D eigenvalue weighted by molar-refractivity contribution is 8.93. The third-order valence-electron chi connectivity index (χ3n) is 3.88. The Balaban J connectivity index is 0.00000120. The molecule has 0 bridgehead atoms. The Morgan fingerprint density at radius 1 is 1.28 bits per heavy atom. The summed E-state index contributed by atoms with van der Waals surface area (Å²) in [5, 5.41) is 9.51. The molecule has 0 spiro atoms. The molecule has 100 valence electrons. The lowest BCUT2D eigenvalue weighted by molar-refractivity contribution is -0.0767. The van der Waals surface area contributed by atoms with E-state index in [0.29, 0.717) is 11.8 Å². The van der Waals surface area contributed by atoms with Crippen molar-refractivity contribution in [3.8, 4) is 5.75 Å². The van der Waals surface area contributed by atoms with E-state index in [9.17, 15) is 5.11 Å². The molecular formula is C14H20BrNO2. The molecule has 1 aromatic carbocycles. The van der Waals surface area contributed by atoms with Crippen molar-refractivity contribution in [3.05, 3.63) is 29.8 Å². The predicted molar refractivity (Wildman–Crippen MR) is 76.3 cm³/mol. The summed E-state index contributed by atoms with van der Waals surface area (Å²) in [5.74, 6) is 0.326. The number of ether oxygens (including phenoxy) is 1. The topological polar surface area (TPSA) is 32.7 Å². The summed E-state index contributed by atoms with van der Waals surface area (Å²) in [6, 6.07) is 8.06. The number of phenolic OH excluding ortho intramolecular Hbond substituents is 1. The number of hydrogen-bond donors (Lipinski definition) is 1. The predicted octanol–water partition coefficient (Wildman–Crippen LogP) is 2.90. The third-order valence-corrected chi connectivity index (χ3v) is 3.88. The van der Waals surface area contributed by atoms with E-state index >= 15 is 0 Å². The minimum atomic E-state index is 0. The highest BCUT2D eigenvalue weighted by atomic mass is 79.9. The summed E-state index contributed by atoms with van der Waals surface area (Å²) < 4.78 is 5.94. The highest BCUT2D eigenvalue weighted by Crippen LogP contribution is 2.30. The van der Waals surface area contributed by atoms with Crippen molar-refractivity contribution in [2.45, 2.75) is 31.4 Å². The molecule has 0 aliphatic carbocycles. The van der Waals surface area contributed by atoms with E-state index < -0.39 is 0 Å². The summed E-state index contributed by atoms with van der Waals surface area (Å²) in [5.41, 5.74) is 1.09. The van der Waals surface area contributed by atoms with Crippen LogP contribution < -0.4 is 0 Å². The van der Waals surface area contributed by atoms with Gasteiger partial charge in [0.25, 0.3) is 0 Å². The van der Waals surface area contributed by atoms with Gasteiger partial charge in [-0.25, -0.2) is 0 Å². The number of halogens is 1. The Labute approximate surface area is 119 Å². The van der Waals surface area contributed by atoms with Crippen LogP contribution in [0.25, 0.3) is 0 Å². The molecule has 0 radical (unpaired) electrons. The lowest BCUT2D eigenvalue weighted by Gasteiger charge is -2.42. The van der Waals surface area contributed by atoms with Gasteiger partial charge in [0, 0.05) is 12.6 Å². The van der Waals surface area contributed by atoms with Crippen LogP contribution in [0.15, 0.2) is 24.3 Å². The van der Waals surface area contributed by atoms with Gasteiger partial charge in [-0.2, -0.15) is 0 Å². The zero-order valence-corrected chi connectivity index (χ0v) is 12.1. The molecule has 2 saturated heterocycles.